The number of hydrogen-bond donors (Lipinski definition) is 0. The zero-order valence-electron chi connectivity index (χ0n) is 17.6. The first-order valence-electron chi connectivity index (χ1n) is 10.0. The van der Waals surface area contributed by atoms with Crippen molar-refractivity contribution in [3.05, 3.63) is 45.8 Å². The SMILES string of the molecule is Cc1cc(C)c(-c2c(C)nn3c4c(c(C)nc23)CCCN4C(C)C)c(C)c1. The van der Waals surface area contributed by atoms with Crippen LogP contribution in [-0.2, 0) is 6.42 Å². The van der Waals surface area contributed by atoms with Gasteiger partial charge in [0.15, 0.2) is 5.65 Å². The third-order valence-corrected chi connectivity index (χ3v) is 5.87. The minimum atomic E-state index is 0.449. The topological polar surface area (TPSA) is 33.4 Å². The van der Waals surface area contributed by atoms with E-state index in [-0.39, 0.29) is 0 Å². The van der Waals surface area contributed by atoms with Crippen LogP contribution in [0, 0.1) is 34.6 Å². The largest absolute Gasteiger partial charge is 0.354 e. The first kappa shape index (κ1) is 18.0. The van der Waals surface area contributed by atoms with Gasteiger partial charge in [-0.05, 0) is 78.0 Å². The molecule has 0 amide bonds. The van der Waals surface area contributed by atoms with Gasteiger partial charge in [0, 0.05) is 23.8 Å². The Hall–Kier alpha value is -2.36. The summed E-state index contributed by atoms with van der Waals surface area (Å²) in [6.45, 7) is 16.4. The predicted molar refractivity (Wildman–Crippen MR) is 113 cm³/mol. The lowest BCUT2D eigenvalue weighted by molar-refractivity contribution is 0.598. The molecule has 4 nitrogen and oxygen atoms in total. The highest BCUT2D eigenvalue weighted by Gasteiger charge is 2.28. The van der Waals surface area contributed by atoms with Crippen molar-refractivity contribution < 1.29 is 0 Å². The first-order chi connectivity index (χ1) is 12.8. The van der Waals surface area contributed by atoms with Gasteiger partial charge in [0.05, 0.1) is 11.3 Å². The van der Waals surface area contributed by atoms with Crippen molar-refractivity contribution in [2.24, 2.45) is 0 Å². The van der Waals surface area contributed by atoms with E-state index in [9.17, 15) is 0 Å². The Balaban J connectivity index is 2.08. The maximum atomic E-state index is 5.06. The summed E-state index contributed by atoms with van der Waals surface area (Å²) in [6.07, 6.45) is 2.27. The lowest BCUT2D eigenvalue weighted by Gasteiger charge is -2.35. The van der Waals surface area contributed by atoms with Gasteiger partial charge in [0.1, 0.15) is 5.82 Å². The second kappa shape index (κ2) is 6.36. The van der Waals surface area contributed by atoms with Crippen LogP contribution in [0.1, 0.15) is 53.9 Å². The average molecular weight is 363 g/mol. The molecule has 0 unspecified atom stereocenters. The molecular formula is C23H30N4. The van der Waals surface area contributed by atoms with Crippen molar-refractivity contribution in [2.45, 2.75) is 67.3 Å². The fourth-order valence-electron chi connectivity index (χ4n) is 4.77. The smallest absolute Gasteiger partial charge is 0.165 e. The monoisotopic (exact) mass is 362 g/mol. The molecule has 0 fully saturated rings. The molecule has 2 aromatic heterocycles. The Morgan fingerprint density at radius 2 is 1.59 bits per heavy atom. The van der Waals surface area contributed by atoms with Gasteiger partial charge < -0.3 is 4.90 Å². The van der Waals surface area contributed by atoms with E-state index < -0.39 is 0 Å². The van der Waals surface area contributed by atoms with Crippen LogP contribution in [-0.4, -0.2) is 27.2 Å². The molecule has 4 rings (SSSR count). The molecule has 1 aromatic carbocycles. The Morgan fingerprint density at radius 3 is 2.22 bits per heavy atom. The van der Waals surface area contributed by atoms with Crippen LogP contribution in [0.3, 0.4) is 0 Å². The minimum Gasteiger partial charge on any atom is -0.354 e. The lowest BCUT2D eigenvalue weighted by Crippen LogP contribution is -2.37. The summed E-state index contributed by atoms with van der Waals surface area (Å²) in [5.41, 5.74) is 10.9. The van der Waals surface area contributed by atoms with E-state index in [0.29, 0.717) is 6.04 Å². The zero-order chi connectivity index (χ0) is 19.5. The Morgan fingerprint density at radius 1 is 0.926 bits per heavy atom. The third kappa shape index (κ3) is 2.73. The van der Waals surface area contributed by atoms with Crippen LogP contribution in [0.15, 0.2) is 12.1 Å². The van der Waals surface area contributed by atoms with Crippen molar-refractivity contribution in [2.75, 3.05) is 11.4 Å². The number of aromatic nitrogens is 3. The molecule has 27 heavy (non-hydrogen) atoms. The van der Waals surface area contributed by atoms with Gasteiger partial charge in [-0.15, -0.1) is 0 Å². The minimum absolute atomic E-state index is 0.449. The highest BCUT2D eigenvalue weighted by molar-refractivity contribution is 5.85. The van der Waals surface area contributed by atoms with Gasteiger partial charge >= 0.3 is 0 Å². The van der Waals surface area contributed by atoms with Crippen LogP contribution >= 0.6 is 0 Å². The highest BCUT2D eigenvalue weighted by Crippen LogP contribution is 2.38. The van der Waals surface area contributed by atoms with Crippen LogP contribution in [0.5, 0.6) is 0 Å². The zero-order valence-corrected chi connectivity index (χ0v) is 17.6. The predicted octanol–water partition coefficient (Wildman–Crippen LogP) is 5.10. The quantitative estimate of drug-likeness (QED) is 0.636. The fourth-order valence-corrected chi connectivity index (χ4v) is 4.77. The van der Waals surface area contributed by atoms with E-state index in [1.807, 2.05) is 0 Å². The number of aryl methyl sites for hydroxylation is 5. The van der Waals surface area contributed by atoms with Crippen molar-refractivity contribution in [3.8, 4) is 11.1 Å². The first-order valence-corrected chi connectivity index (χ1v) is 10.0. The molecule has 0 saturated carbocycles. The normalized spacial score (nSPS) is 14.3. The molecule has 3 aromatic rings. The van der Waals surface area contributed by atoms with Crippen molar-refractivity contribution >= 4 is 11.5 Å². The Bertz CT molecular complexity index is 1020. The maximum absolute atomic E-state index is 5.06. The molecule has 0 saturated heterocycles. The molecule has 142 valence electrons. The van der Waals surface area contributed by atoms with E-state index in [1.54, 1.807) is 0 Å². The van der Waals surface area contributed by atoms with E-state index in [4.69, 9.17) is 10.1 Å². The average Bonchev–Trinajstić information content (AvgIpc) is 2.90. The second-order valence-corrected chi connectivity index (χ2v) is 8.36. The van der Waals surface area contributed by atoms with E-state index in [2.05, 4.69) is 70.0 Å². The van der Waals surface area contributed by atoms with Gasteiger partial charge in [-0.1, -0.05) is 17.7 Å². The summed E-state index contributed by atoms with van der Waals surface area (Å²) in [7, 11) is 0. The molecular weight excluding hydrogens is 332 g/mol. The molecule has 0 atom stereocenters. The number of rotatable bonds is 2. The fraction of sp³-hybridized carbons (Fsp3) is 0.478. The molecule has 0 radical (unpaired) electrons. The van der Waals surface area contributed by atoms with Crippen LogP contribution in [0.2, 0.25) is 0 Å². The maximum Gasteiger partial charge on any atom is 0.165 e. The molecule has 1 aliphatic rings. The third-order valence-electron chi connectivity index (χ3n) is 5.87. The summed E-state index contributed by atoms with van der Waals surface area (Å²) in [6, 6.07) is 4.97. The molecule has 0 N–H and O–H groups in total. The molecule has 0 spiro atoms. The van der Waals surface area contributed by atoms with E-state index in [1.165, 1.54) is 45.6 Å². The molecule has 4 heteroatoms. The van der Waals surface area contributed by atoms with Crippen LogP contribution < -0.4 is 4.90 Å². The number of fused-ring (bicyclic) bond motifs is 3. The molecule has 0 aliphatic carbocycles. The summed E-state index contributed by atoms with van der Waals surface area (Å²) in [5.74, 6) is 1.25. The number of benzene rings is 1. The summed E-state index contributed by atoms with van der Waals surface area (Å²) in [4.78, 5) is 7.55. The molecule has 1 aliphatic heterocycles. The van der Waals surface area contributed by atoms with Crippen molar-refractivity contribution in [1.82, 2.24) is 14.6 Å². The summed E-state index contributed by atoms with van der Waals surface area (Å²) < 4.78 is 2.12. The second-order valence-electron chi connectivity index (χ2n) is 8.36. The molecule has 3 heterocycles. The van der Waals surface area contributed by atoms with Crippen LogP contribution in [0.25, 0.3) is 16.8 Å². The van der Waals surface area contributed by atoms with Gasteiger partial charge in [0.2, 0.25) is 0 Å². The van der Waals surface area contributed by atoms with Gasteiger partial charge in [0.25, 0.3) is 0 Å². The highest BCUT2D eigenvalue weighted by atomic mass is 15.4. The Labute approximate surface area is 162 Å². The molecule has 0 bridgehead atoms. The Kier molecular flexibility index (Phi) is 4.25. The number of anilines is 1. The summed E-state index contributed by atoms with van der Waals surface area (Å²) >= 11 is 0. The summed E-state index contributed by atoms with van der Waals surface area (Å²) in [5, 5.41) is 4.99. The standard InChI is InChI=1S/C23H30N4/c1-13(2)26-10-8-9-19-17(6)24-22-21(18(7)25-27(22)23(19)26)20-15(4)11-14(3)12-16(20)5/h11-13H,8-10H2,1-7H3. The van der Waals surface area contributed by atoms with E-state index >= 15 is 0 Å². The number of nitrogens with zero attached hydrogens (tertiary/aromatic N) is 4. The number of hydrogen-bond acceptors (Lipinski definition) is 3. The van der Waals surface area contributed by atoms with Crippen LogP contribution in [0.4, 0.5) is 5.82 Å². The van der Waals surface area contributed by atoms with Gasteiger partial charge in [-0.2, -0.15) is 9.61 Å². The van der Waals surface area contributed by atoms with Crippen molar-refractivity contribution in [3.63, 3.8) is 0 Å². The lowest BCUT2D eigenvalue weighted by atomic mass is 9.93. The van der Waals surface area contributed by atoms with Crippen molar-refractivity contribution in [1.29, 1.82) is 0 Å². The van der Waals surface area contributed by atoms with Gasteiger partial charge in [-0.3, -0.25) is 0 Å². The van der Waals surface area contributed by atoms with E-state index in [0.717, 1.165) is 30.0 Å². The van der Waals surface area contributed by atoms with Gasteiger partial charge in [-0.25, -0.2) is 4.98 Å².